The topological polar surface area (TPSA) is 116 Å². The zero-order chi connectivity index (χ0) is 17.3. The molecule has 24 heavy (non-hydrogen) atoms. The molecule has 0 aliphatic rings. The molecule has 0 radical (unpaired) electrons. The molecule has 0 unspecified atom stereocenters. The van der Waals surface area contributed by atoms with Crippen molar-refractivity contribution in [1.29, 1.82) is 0 Å². The second kappa shape index (κ2) is 6.32. The number of fused-ring (bicyclic) bond motifs is 1. The minimum absolute atomic E-state index is 0.153. The number of rotatable bonds is 5. The van der Waals surface area contributed by atoms with Crippen molar-refractivity contribution in [2.45, 2.75) is 13.3 Å². The van der Waals surface area contributed by atoms with Gasteiger partial charge in [-0.1, -0.05) is 30.3 Å². The first kappa shape index (κ1) is 16.6. The highest BCUT2D eigenvalue weighted by molar-refractivity contribution is 7.84. The van der Waals surface area contributed by atoms with Crippen molar-refractivity contribution in [2.75, 3.05) is 0 Å². The molecule has 2 aromatic heterocycles. The van der Waals surface area contributed by atoms with Crippen molar-refractivity contribution >= 4 is 32.9 Å². The van der Waals surface area contributed by atoms with Crippen LogP contribution < -0.4 is 5.56 Å². The molecule has 1 N–H and O–H groups in total. The fourth-order valence-electron chi connectivity index (χ4n) is 2.10. The summed E-state index contributed by atoms with van der Waals surface area (Å²) in [5, 5.41) is 3.25. The summed E-state index contributed by atoms with van der Waals surface area (Å²) in [6.45, 7) is 0.118. The van der Waals surface area contributed by atoms with E-state index in [1.165, 1.54) is 0 Å². The fraction of sp³-hybridized carbons (Fsp3) is 0.154. The highest BCUT2D eigenvalue weighted by atomic mass is 35.5. The Bertz CT molecular complexity index is 1050. The van der Waals surface area contributed by atoms with Crippen LogP contribution >= 0.6 is 11.6 Å². The molecular weight excluding hydrogens is 360 g/mol. The Morgan fingerprint density at radius 2 is 1.96 bits per heavy atom. The molecule has 0 aliphatic heterocycles. The molecule has 0 bridgehead atoms. The van der Waals surface area contributed by atoms with Crippen LogP contribution in [0, 0.1) is 0 Å². The standard InChI is InChI=1S/C13H11ClN4O5S/c14-13-16-11-10(18(13)24(20,21)22)6-15-17(12(11)19)8-23-7-9-4-2-1-3-5-9/h1-6H,7-8H2,(H,20,21,22). The van der Waals surface area contributed by atoms with E-state index in [0.29, 0.717) is 3.97 Å². The molecule has 3 rings (SSSR count). The van der Waals surface area contributed by atoms with Gasteiger partial charge in [0.15, 0.2) is 5.52 Å². The molecule has 0 saturated heterocycles. The Balaban J connectivity index is 1.89. The lowest BCUT2D eigenvalue weighted by Gasteiger charge is -2.06. The zero-order valence-electron chi connectivity index (χ0n) is 12.0. The lowest BCUT2D eigenvalue weighted by Crippen LogP contribution is -2.24. The van der Waals surface area contributed by atoms with Crippen molar-refractivity contribution in [3.05, 3.63) is 57.7 Å². The lowest BCUT2D eigenvalue weighted by atomic mass is 10.2. The van der Waals surface area contributed by atoms with Crippen LogP contribution in [-0.2, 0) is 28.4 Å². The molecule has 11 heteroatoms. The van der Waals surface area contributed by atoms with Crippen LogP contribution in [0.2, 0.25) is 5.28 Å². The van der Waals surface area contributed by atoms with Gasteiger partial charge in [-0.25, -0.2) is 9.67 Å². The third-order valence-electron chi connectivity index (χ3n) is 3.15. The molecule has 2 heterocycles. The van der Waals surface area contributed by atoms with E-state index >= 15 is 0 Å². The van der Waals surface area contributed by atoms with Crippen LogP contribution in [0.1, 0.15) is 5.56 Å². The summed E-state index contributed by atoms with van der Waals surface area (Å²) >= 11 is 5.67. The van der Waals surface area contributed by atoms with E-state index in [1.54, 1.807) is 0 Å². The molecule has 1 aromatic carbocycles. The van der Waals surface area contributed by atoms with Gasteiger partial charge in [0, 0.05) is 0 Å². The van der Waals surface area contributed by atoms with Crippen LogP contribution in [0.25, 0.3) is 11.0 Å². The van der Waals surface area contributed by atoms with E-state index in [1.807, 2.05) is 30.3 Å². The molecular formula is C13H11ClN4O5S. The zero-order valence-corrected chi connectivity index (χ0v) is 13.6. The number of hydrogen-bond acceptors (Lipinski definition) is 6. The summed E-state index contributed by atoms with van der Waals surface area (Å²) in [6, 6.07) is 9.33. The predicted octanol–water partition coefficient (Wildman–Crippen LogP) is 1.07. The maximum Gasteiger partial charge on any atom is 0.366 e. The maximum atomic E-state index is 12.3. The first-order valence-electron chi connectivity index (χ1n) is 6.61. The third kappa shape index (κ3) is 3.17. The van der Waals surface area contributed by atoms with Crippen LogP contribution in [0.5, 0.6) is 0 Å². The van der Waals surface area contributed by atoms with E-state index in [4.69, 9.17) is 20.9 Å². The first-order chi connectivity index (χ1) is 11.4. The molecule has 0 fully saturated rings. The minimum Gasteiger partial charge on any atom is -0.354 e. The van der Waals surface area contributed by atoms with Gasteiger partial charge < -0.3 is 4.74 Å². The summed E-state index contributed by atoms with van der Waals surface area (Å²) in [5.74, 6) is 0. The Hall–Kier alpha value is -2.27. The SMILES string of the molecule is O=c1c2nc(Cl)n(S(=O)(=O)O)c2cnn1COCc1ccccc1. The van der Waals surface area contributed by atoms with Gasteiger partial charge in [-0.2, -0.15) is 17.5 Å². The van der Waals surface area contributed by atoms with Crippen molar-refractivity contribution in [3.63, 3.8) is 0 Å². The number of hydrogen-bond donors (Lipinski definition) is 1. The predicted molar refractivity (Wildman–Crippen MR) is 85.0 cm³/mol. The Kier molecular flexibility index (Phi) is 4.37. The average molecular weight is 371 g/mol. The smallest absolute Gasteiger partial charge is 0.354 e. The summed E-state index contributed by atoms with van der Waals surface area (Å²) in [4.78, 5) is 15.9. The van der Waals surface area contributed by atoms with Gasteiger partial charge in [-0.05, 0) is 17.2 Å². The average Bonchev–Trinajstić information content (AvgIpc) is 2.88. The van der Waals surface area contributed by atoms with E-state index in [-0.39, 0.29) is 24.4 Å². The molecule has 0 atom stereocenters. The fourth-order valence-corrected chi connectivity index (χ4v) is 3.15. The monoisotopic (exact) mass is 370 g/mol. The highest BCUT2D eigenvalue weighted by Gasteiger charge is 2.21. The number of halogens is 1. The molecule has 0 amide bonds. The number of ether oxygens (including phenoxy) is 1. The second-order valence-electron chi connectivity index (χ2n) is 4.77. The van der Waals surface area contributed by atoms with Gasteiger partial charge in [0.25, 0.3) is 5.56 Å². The second-order valence-corrected chi connectivity index (χ2v) is 6.37. The quantitative estimate of drug-likeness (QED) is 0.667. The Labute approximate surface area is 140 Å². The molecule has 0 spiro atoms. The number of aromatic nitrogens is 4. The van der Waals surface area contributed by atoms with Crippen LogP contribution in [0.4, 0.5) is 0 Å². The Morgan fingerprint density at radius 3 is 2.62 bits per heavy atom. The summed E-state index contributed by atoms with van der Waals surface area (Å²) in [5.41, 5.74) is -0.224. The largest absolute Gasteiger partial charge is 0.366 e. The van der Waals surface area contributed by atoms with Gasteiger partial charge >= 0.3 is 10.3 Å². The van der Waals surface area contributed by atoms with Crippen LogP contribution in [-0.4, -0.2) is 31.7 Å². The summed E-state index contributed by atoms with van der Waals surface area (Å²) < 4.78 is 38.4. The minimum atomic E-state index is -4.70. The molecule has 9 nitrogen and oxygen atoms in total. The Morgan fingerprint density at radius 1 is 1.25 bits per heavy atom. The van der Waals surface area contributed by atoms with Gasteiger partial charge in [0.05, 0.1) is 12.8 Å². The molecule has 0 saturated carbocycles. The van der Waals surface area contributed by atoms with Crippen molar-refractivity contribution < 1.29 is 17.7 Å². The number of benzene rings is 1. The number of imidazole rings is 1. The van der Waals surface area contributed by atoms with E-state index < -0.39 is 21.1 Å². The van der Waals surface area contributed by atoms with Gasteiger partial charge in [-0.15, -0.1) is 0 Å². The molecule has 0 aliphatic carbocycles. The van der Waals surface area contributed by atoms with Crippen LogP contribution in [0.3, 0.4) is 0 Å². The van der Waals surface area contributed by atoms with Crippen molar-refractivity contribution in [1.82, 2.24) is 18.7 Å². The lowest BCUT2D eigenvalue weighted by molar-refractivity contribution is 0.0532. The van der Waals surface area contributed by atoms with Crippen molar-refractivity contribution in [3.8, 4) is 0 Å². The van der Waals surface area contributed by atoms with Crippen LogP contribution in [0.15, 0.2) is 41.3 Å². The van der Waals surface area contributed by atoms with Gasteiger partial charge in [-0.3, -0.25) is 9.35 Å². The first-order valence-corrected chi connectivity index (χ1v) is 8.39. The van der Waals surface area contributed by atoms with E-state index in [9.17, 15) is 13.2 Å². The molecule has 3 aromatic rings. The normalized spacial score (nSPS) is 11.9. The van der Waals surface area contributed by atoms with E-state index in [2.05, 4.69) is 10.1 Å². The molecule has 126 valence electrons. The van der Waals surface area contributed by atoms with E-state index in [0.717, 1.165) is 16.4 Å². The van der Waals surface area contributed by atoms with Crippen molar-refractivity contribution in [2.24, 2.45) is 0 Å². The van der Waals surface area contributed by atoms with Gasteiger partial charge in [0.2, 0.25) is 5.28 Å². The summed E-state index contributed by atoms with van der Waals surface area (Å²) in [7, 11) is -4.70. The summed E-state index contributed by atoms with van der Waals surface area (Å²) in [6.07, 6.45) is 1.06. The highest BCUT2D eigenvalue weighted by Crippen LogP contribution is 2.18. The number of nitrogens with zero attached hydrogens (tertiary/aromatic N) is 4. The van der Waals surface area contributed by atoms with Gasteiger partial charge in [0.1, 0.15) is 12.2 Å². The third-order valence-corrected chi connectivity index (χ3v) is 4.33. The maximum absolute atomic E-state index is 12.3.